The van der Waals surface area contributed by atoms with Gasteiger partial charge in [-0.05, 0) is 49.1 Å². The number of nitrogens with one attached hydrogen (secondary N) is 2. The number of benzene rings is 2. The quantitative estimate of drug-likeness (QED) is 0.300. The molecule has 34 heavy (non-hydrogen) atoms. The molecule has 0 aliphatic heterocycles. The zero-order chi connectivity index (χ0) is 22.9. The second-order valence-electron chi connectivity index (χ2n) is 8.59. The summed E-state index contributed by atoms with van der Waals surface area (Å²) in [4.78, 5) is 20.3. The Morgan fingerprint density at radius 2 is 1.85 bits per heavy atom. The Morgan fingerprint density at radius 3 is 2.71 bits per heavy atom. The van der Waals surface area contributed by atoms with Gasteiger partial charge in [0.25, 0.3) is 5.91 Å². The number of carbonyl (C=O) groups is 1. The van der Waals surface area contributed by atoms with Gasteiger partial charge < -0.3 is 19.5 Å². The van der Waals surface area contributed by atoms with Crippen LogP contribution in [0.2, 0.25) is 0 Å². The highest BCUT2D eigenvalue weighted by atomic mass is 16.5. The molecule has 1 aliphatic rings. The van der Waals surface area contributed by atoms with E-state index in [1.165, 1.54) is 12.8 Å². The van der Waals surface area contributed by atoms with Gasteiger partial charge in [0.1, 0.15) is 17.1 Å². The number of H-pyrrole nitrogens is 1. The minimum absolute atomic E-state index is 0.177. The second-order valence-corrected chi connectivity index (χ2v) is 8.59. The Kier molecular flexibility index (Phi) is 5.11. The van der Waals surface area contributed by atoms with E-state index in [1.807, 2.05) is 67.0 Å². The van der Waals surface area contributed by atoms with Gasteiger partial charge >= 0.3 is 0 Å². The van der Waals surface area contributed by atoms with Gasteiger partial charge in [-0.15, -0.1) is 0 Å². The molecule has 6 rings (SSSR count). The first-order chi connectivity index (χ1) is 16.7. The van der Waals surface area contributed by atoms with E-state index < -0.39 is 0 Å². The number of carbonyl (C=O) groups excluding carboxylic acids is 1. The third-order valence-electron chi connectivity index (χ3n) is 6.08. The molecule has 1 saturated carbocycles. The predicted octanol–water partition coefficient (Wildman–Crippen LogP) is 6.42. The Morgan fingerprint density at radius 1 is 1.03 bits per heavy atom. The number of ether oxygens (including phenoxy) is 1. The van der Waals surface area contributed by atoms with Gasteiger partial charge in [0.15, 0.2) is 5.76 Å². The summed E-state index contributed by atoms with van der Waals surface area (Å²) in [7, 11) is 0. The second kappa shape index (κ2) is 8.56. The molecule has 168 valence electrons. The van der Waals surface area contributed by atoms with Gasteiger partial charge in [0, 0.05) is 46.6 Å². The van der Waals surface area contributed by atoms with Crippen LogP contribution in [0.3, 0.4) is 0 Å². The fraction of sp³-hybridized carbons (Fsp3) is 0.143. The highest BCUT2D eigenvalue weighted by molar-refractivity contribution is 5.98. The lowest BCUT2D eigenvalue weighted by Gasteiger charge is -2.11. The molecule has 6 nitrogen and oxygen atoms in total. The Bertz CT molecular complexity index is 1460. The predicted molar refractivity (Wildman–Crippen MR) is 131 cm³/mol. The number of aromatic amines is 1. The standard InChI is InChI=1S/C28H23N3O3/c32-28(31-14-18-10-11-18)26-13-20(17-33-26)24-16-30-27-23(24)12-19(15-29-27)22-8-4-5-9-25(22)34-21-6-2-1-3-7-21/h1-9,12-13,15-18H,10-11,14H2,(H,29,30)(H,31,32). The summed E-state index contributed by atoms with van der Waals surface area (Å²) in [5.41, 5.74) is 4.40. The van der Waals surface area contributed by atoms with Crippen LogP contribution in [0.5, 0.6) is 11.5 Å². The molecular formula is C28H23N3O3. The lowest BCUT2D eigenvalue weighted by molar-refractivity contribution is 0.0924. The molecule has 0 saturated heterocycles. The fourth-order valence-electron chi connectivity index (χ4n) is 4.04. The monoisotopic (exact) mass is 449 g/mol. The number of aromatic nitrogens is 2. The lowest BCUT2D eigenvalue weighted by atomic mass is 10.0. The smallest absolute Gasteiger partial charge is 0.287 e. The summed E-state index contributed by atoms with van der Waals surface area (Å²) in [6.45, 7) is 0.708. The van der Waals surface area contributed by atoms with Crippen LogP contribution in [0, 0.1) is 5.92 Å². The molecule has 3 heterocycles. The van der Waals surface area contributed by atoms with Crippen LogP contribution in [0.25, 0.3) is 33.3 Å². The molecule has 3 aromatic heterocycles. The average molecular weight is 450 g/mol. The molecule has 0 bridgehead atoms. The van der Waals surface area contributed by atoms with Crippen molar-refractivity contribution < 1.29 is 13.9 Å². The Labute approximate surface area is 196 Å². The van der Waals surface area contributed by atoms with Gasteiger partial charge in [-0.2, -0.15) is 0 Å². The van der Waals surface area contributed by atoms with E-state index in [4.69, 9.17) is 9.15 Å². The van der Waals surface area contributed by atoms with Crippen molar-refractivity contribution in [2.75, 3.05) is 6.54 Å². The van der Waals surface area contributed by atoms with Crippen LogP contribution in [0.4, 0.5) is 0 Å². The SMILES string of the molecule is O=C(NCC1CC1)c1cc(-c2c[nH]c3ncc(-c4ccccc4Oc4ccccc4)cc23)co1. The summed E-state index contributed by atoms with van der Waals surface area (Å²) in [6, 6.07) is 21.5. The van der Waals surface area contributed by atoms with Crippen molar-refractivity contribution in [2.45, 2.75) is 12.8 Å². The van der Waals surface area contributed by atoms with Crippen LogP contribution in [-0.4, -0.2) is 22.4 Å². The number of hydrogen-bond acceptors (Lipinski definition) is 4. The third kappa shape index (κ3) is 4.06. The van der Waals surface area contributed by atoms with Crippen molar-refractivity contribution in [1.82, 2.24) is 15.3 Å². The first-order valence-corrected chi connectivity index (χ1v) is 11.4. The summed E-state index contributed by atoms with van der Waals surface area (Å²) >= 11 is 0. The van der Waals surface area contributed by atoms with E-state index in [0.29, 0.717) is 18.2 Å². The van der Waals surface area contributed by atoms with Crippen LogP contribution in [0.15, 0.2) is 89.8 Å². The van der Waals surface area contributed by atoms with Crippen molar-refractivity contribution in [2.24, 2.45) is 5.92 Å². The minimum Gasteiger partial charge on any atom is -0.459 e. The summed E-state index contributed by atoms with van der Waals surface area (Å²) in [5.74, 6) is 2.28. The van der Waals surface area contributed by atoms with Crippen LogP contribution < -0.4 is 10.1 Å². The first kappa shape index (κ1) is 20.3. The fourth-order valence-corrected chi connectivity index (χ4v) is 4.04. The molecular weight excluding hydrogens is 426 g/mol. The number of fused-ring (bicyclic) bond motifs is 1. The zero-order valence-electron chi connectivity index (χ0n) is 18.5. The van der Waals surface area contributed by atoms with Crippen LogP contribution in [-0.2, 0) is 0 Å². The maximum atomic E-state index is 12.4. The molecule has 1 amide bonds. The minimum atomic E-state index is -0.177. The van der Waals surface area contributed by atoms with Crippen molar-refractivity contribution in [3.05, 3.63) is 91.1 Å². The van der Waals surface area contributed by atoms with Crippen LogP contribution in [0.1, 0.15) is 23.4 Å². The number of hydrogen-bond donors (Lipinski definition) is 2. The van der Waals surface area contributed by atoms with E-state index in [9.17, 15) is 4.79 Å². The zero-order valence-corrected chi connectivity index (χ0v) is 18.5. The van der Waals surface area contributed by atoms with E-state index >= 15 is 0 Å². The number of furan rings is 1. The van der Waals surface area contributed by atoms with E-state index in [2.05, 4.69) is 21.4 Å². The molecule has 6 heteroatoms. The Hall–Kier alpha value is -4.32. The molecule has 0 spiro atoms. The third-order valence-corrected chi connectivity index (χ3v) is 6.08. The molecule has 0 atom stereocenters. The van der Waals surface area contributed by atoms with Crippen LogP contribution >= 0.6 is 0 Å². The summed E-state index contributed by atoms with van der Waals surface area (Å²) in [5, 5.41) is 3.89. The first-order valence-electron chi connectivity index (χ1n) is 11.4. The average Bonchev–Trinajstić information content (AvgIpc) is 3.41. The van der Waals surface area contributed by atoms with Crippen molar-refractivity contribution in [3.63, 3.8) is 0 Å². The molecule has 0 radical (unpaired) electrons. The number of rotatable bonds is 7. The van der Waals surface area contributed by atoms with Crippen molar-refractivity contribution in [1.29, 1.82) is 0 Å². The lowest BCUT2D eigenvalue weighted by Crippen LogP contribution is -2.24. The topological polar surface area (TPSA) is 80.2 Å². The number of para-hydroxylation sites is 2. The van der Waals surface area contributed by atoms with E-state index in [-0.39, 0.29) is 5.91 Å². The maximum Gasteiger partial charge on any atom is 0.287 e. The molecule has 1 aliphatic carbocycles. The molecule has 0 unspecified atom stereocenters. The molecule has 1 fully saturated rings. The summed E-state index contributed by atoms with van der Waals surface area (Å²) in [6.07, 6.45) is 7.72. The maximum absolute atomic E-state index is 12.4. The largest absolute Gasteiger partial charge is 0.459 e. The highest BCUT2D eigenvalue weighted by Gasteiger charge is 2.23. The molecule has 2 N–H and O–H groups in total. The van der Waals surface area contributed by atoms with Crippen molar-refractivity contribution >= 4 is 16.9 Å². The number of pyridine rings is 1. The summed E-state index contributed by atoms with van der Waals surface area (Å²) < 4.78 is 11.7. The van der Waals surface area contributed by atoms with Gasteiger partial charge in [-0.1, -0.05) is 36.4 Å². The van der Waals surface area contributed by atoms with Crippen molar-refractivity contribution in [3.8, 4) is 33.8 Å². The van der Waals surface area contributed by atoms with E-state index in [0.717, 1.165) is 44.8 Å². The van der Waals surface area contributed by atoms with Gasteiger partial charge in [0.2, 0.25) is 0 Å². The highest BCUT2D eigenvalue weighted by Crippen LogP contribution is 2.36. The van der Waals surface area contributed by atoms with E-state index in [1.54, 1.807) is 12.3 Å². The van der Waals surface area contributed by atoms with Gasteiger partial charge in [-0.3, -0.25) is 4.79 Å². The molecule has 5 aromatic rings. The van der Waals surface area contributed by atoms with Gasteiger partial charge in [-0.25, -0.2) is 4.98 Å². The normalized spacial score (nSPS) is 13.2. The Balaban J connectivity index is 1.32. The molecule has 2 aromatic carbocycles. The number of nitrogens with zero attached hydrogens (tertiary/aromatic N) is 1. The van der Waals surface area contributed by atoms with Gasteiger partial charge in [0.05, 0.1) is 6.26 Å². The number of amides is 1.